The lowest BCUT2D eigenvalue weighted by atomic mass is 10.1. The Bertz CT molecular complexity index is 821. The van der Waals surface area contributed by atoms with Gasteiger partial charge in [-0.2, -0.15) is 0 Å². The number of nitrogens with zero attached hydrogens (tertiary/aromatic N) is 3. The van der Waals surface area contributed by atoms with Crippen molar-refractivity contribution < 1.29 is 14.7 Å². The molecule has 10 nitrogen and oxygen atoms in total. The molecular weight excluding hydrogens is 374 g/mol. The van der Waals surface area contributed by atoms with Gasteiger partial charge < -0.3 is 27.2 Å². The summed E-state index contributed by atoms with van der Waals surface area (Å²) in [7, 11) is 0. The van der Waals surface area contributed by atoms with E-state index in [2.05, 4.69) is 25.6 Å². The highest BCUT2D eigenvalue weighted by atomic mass is 16.4. The van der Waals surface area contributed by atoms with Crippen LogP contribution in [0, 0.1) is 0 Å². The second-order valence-corrected chi connectivity index (χ2v) is 6.28. The predicted octanol–water partition coefficient (Wildman–Crippen LogP) is 0.00300. The van der Waals surface area contributed by atoms with E-state index in [0.717, 1.165) is 11.4 Å². The third-order valence-electron chi connectivity index (χ3n) is 3.97. The van der Waals surface area contributed by atoms with Gasteiger partial charge in [-0.3, -0.25) is 19.8 Å². The number of pyridine rings is 2. The molecule has 0 saturated carbocycles. The molecule has 0 saturated heterocycles. The van der Waals surface area contributed by atoms with Gasteiger partial charge in [0.05, 0.1) is 17.0 Å². The Morgan fingerprint density at radius 3 is 2.45 bits per heavy atom. The van der Waals surface area contributed by atoms with Crippen LogP contribution in [0.25, 0.3) is 0 Å². The number of hydrogen-bond donors (Lipinski definition) is 5. The average molecular weight is 399 g/mol. The van der Waals surface area contributed by atoms with Gasteiger partial charge in [-0.1, -0.05) is 6.07 Å². The lowest BCUT2D eigenvalue weighted by molar-refractivity contribution is -0.139. The SMILES string of the molecule is NC(N)=NCCC[C@H](NC(=O)c1ccc(CNCc2ccccn2)nc1)C(=O)O. The summed E-state index contributed by atoms with van der Waals surface area (Å²) in [6.07, 6.45) is 3.79. The molecule has 0 aliphatic heterocycles. The van der Waals surface area contributed by atoms with Crippen LogP contribution < -0.4 is 22.1 Å². The first kappa shape index (κ1) is 21.8. The van der Waals surface area contributed by atoms with Crippen molar-refractivity contribution in [2.45, 2.75) is 32.0 Å². The molecule has 7 N–H and O–H groups in total. The molecule has 154 valence electrons. The number of carboxylic acids is 1. The van der Waals surface area contributed by atoms with E-state index in [4.69, 9.17) is 11.5 Å². The summed E-state index contributed by atoms with van der Waals surface area (Å²) in [4.78, 5) is 35.9. The number of hydrogen-bond acceptors (Lipinski definition) is 6. The lowest BCUT2D eigenvalue weighted by Gasteiger charge is -2.14. The van der Waals surface area contributed by atoms with Gasteiger partial charge in [0, 0.05) is 32.0 Å². The number of nitrogens with two attached hydrogens (primary N) is 2. The molecule has 10 heteroatoms. The van der Waals surface area contributed by atoms with Crippen LogP contribution in [0.5, 0.6) is 0 Å². The topological polar surface area (TPSA) is 169 Å². The standard InChI is InChI=1S/C19H25N7O3/c20-19(21)24-9-3-5-16(18(28)29)26-17(27)13-6-7-15(25-10-13)12-22-11-14-4-1-2-8-23-14/h1-2,4,6-8,10,16,22H,3,5,9,11-12H2,(H,26,27)(H,28,29)(H4,20,21,24)/t16-/m0/s1. The maximum atomic E-state index is 12.3. The van der Waals surface area contributed by atoms with E-state index in [1.54, 1.807) is 18.3 Å². The normalized spacial score (nSPS) is 11.4. The molecule has 29 heavy (non-hydrogen) atoms. The molecular formula is C19H25N7O3. The predicted molar refractivity (Wildman–Crippen MR) is 108 cm³/mol. The van der Waals surface area contributed by atoms with Crippen molar-refractivity contribution in [3.63, 3.8) is 0 Å². The van der Waals surface area contributed by atoms with Gasteiger partial charge in [0.2, 0.25) is 0 Å². The summed E-state index contributed by atoms with van der Waals surface area (Å²) >= 11 is 0. The van der Waals surface area contributed by atoms with Crippen LogP contribution >= 0.6 is 0 Å². The molecule has 0 spiro atoms. The summed E-state index contributed by atoms with van der Waals surface area (Å²) in [5, 5.41) is 15.0. The second-order valence-electron chi connectivity index (χ2n) is 6.28. The number of nitrogens with one attached hydrogen (secondary N) is 2. The third-order valence-corrected chi connectivity index (χ3v) is 3.97. The zero-order valence-electron chi connectivity index (χ0n) is 15.9. The van der Waals surface area contributed by atoms with Crippen molar-refractivity contribution in [2.24, 2.45) is 16.5 Å². The van der Waals surface area contributed by atoms with Gasteiger partial charge in [0.15, 0.2) is 5.96 Å². The maximum Gasteiger partial charge on any atom is 0.326 e. The minimum absolute atomic E-state index is 0.0541. The molecule has 0 aromatic carbocycles. The molecule has 0 radical (unpaired) electrons. The molecule has 0 unspecified atom stereocenters. The smallest absolute Gasteiger partial charge is 0.326 e. The third kappa shape index (κ3) is 7.93. The highest BCUT2D eigenvalue weighted by Gasteiger charge is 2.20. The Balaban J connectivity index is 1.83. The van der Waals surface area contributed by atoms with Crippen LogP contribution in [-0.4, -0.2) is 45.5 Å². The van der Waals surface area contributed by atoms with Crippen molar-refractivity contribution in [3.05, 3.63) is 59.7 Å². The molecule has 1 amide bonds. The number of guanidine groups is 1. The molecule has 0 bridgehead atoms. The van der Waals surface area contributed by atoms with E-state index in [0.29, 0.717) is 26.1 Å². The summed E-state index contributed by atoms with van der Waals surface area (Å²) in [5.41, 5.74) is 12.4. The van der Waals surface area contributed by atoms with Crippen LogP contribution in [0.3, 0.4) is 0 Å². The fraction of sp³-hybridized carbons (Fsp3) is 0.316. The van der Waals surface area contributed by atoms with E-state index >= 15 is 0 Å². The number of carbonyl (C=O) groups excluding carboxylic acids is 1. The maximum absolute atomic E-state index is 12.3. The van der Waals surface area contributed by atoms with E-state index in [-0.39, 0.29) is 17.9 Å². The average Bonchev–Trinajstić information content (AvgIpc) is 2.71. The summed E-state index contributed by atoms with van der Waals surface area (Å²) < 4.78 is 0. The minimum Gasteiger partial charge on any atom is -0.480 e. The van der Waals surface area contributed by atoms with Gasteiger partial charge in [-0.25, -0.2) is 4.79 Å². The van der Waals surface area contributed by atoms with Crippen molar-refractivity contribution in [1.82, 2.24) is 20.6 Å². The van der Waals surface area contributed by atoms with E-state index in [1.165, 1.54) is 6.20 Å². The van der Waals surface area contributed by atoms with Crippen LogP contribution in [-0.2, 0) is 17.9 Å². The number of aromatic nitrogens is 2. The highest BCUT2D eigenvalue weighted by Crippen LogP contribution is 2.04. The largest absolute Gasteiger partial charge is 0.480 e. The van der Waals surface area contributed by atoms with Gasteiger partial charge in [0.1, 0.15) is 6.04 Å². The fourth-order valence-electron chi connectivity index (χ4n) is 2.49. The van der Waals surface area contributed by atoms with E-state index < -0.39 is 17.9 Å². The molecule has 0 aliphatic rings. The number of rotatable bonds is 11. The van der Waals surface area contributed by atoms with E-state index in [9.17, 15) is 14.7 Å². The Kier molecular flexibility index (Phi) is 8.51. The van der Waals surface area contributed by atoms with Crippen LogP contribution in [0.4, 0.5) is 0 Å². The Hall–Kier alpha value is -3.53. The number of aliphatic imine (C=N–C) groups is 1. The molecule has 2 heterocycles. The molecule has 2 aromatic heterocycles. The number of amides is 1. The van der Waals surface area contributed by atoms with Crippen LogP contribution in [0.2, 0.25) is 0 Å². The van der Waals surface area contributed by atoms with E-state index in [1.807, 2.05) is 18.2 Å². The van der Waals surface area contributed by atoms with Crippen LogP contribution in [0.15, 0.2) is 47.7 Å². The Labute approximate surface area is 168 Å². The van der Waals surface area contributed by atoms with Crippen molar-refractivity contribution in [1.29, 1.82) is 0 Å². The molecule has 1 atom stereocenters. The van der Waals surface area contributed by atoms with Gasteiger partial charge >= 0.3 is 5.97 Å². The number of carboxylic acid groups (broad SMARTS) is 1. The first-order valence-corrected chi connectivity index (χ1v) is 9.10. The van der Waals surface area contributed by atoms with Crippen LogP contribution in [0.1, 0.15) is 34.6 Å². The number of aliphatic carboxylic acids is 1. The first-order valence-electron chi connectivity index (χ1n) is 9.10. The van der Waals surface area contributed by atoms with Gasteiger partial charge in [0.25, 0.3) is 5.91 Å². The zero-order chi connectivity index (χ0) is 21.1. The molecule has 0 fully saturated rings. The van der Waals surface area contributed by atoms with Gasteiger partial charge in [-0.05, 0) is 37.1 Å². The van der Waals surface area contributed by atoms with Crippen molar-refractivity contribution in [3.8, 4) is 0 Å². The minimum atomic E-state index is -1.12. The summed E-state index contributed by atoms with van der Waals surface area (Å²) in [6, 6.07) is 7.99. The zero-order valence-corrected chi connectivity index (χ0v) is 15.9. The summed E-state index contributed by atoms with van der Waals surface area (Å²) in [6.45, 7) is 1.41. The number of carbonyl (C=O) groups is 2. The molecule has 0 aliphatic carbocycles. The fourth-order valence-corrected chi connectivity index (χ4v) is 2.49. The lowest BCUT2D eigenvalue weighted by Crippen LogP contribution is -2.41. The molecule has 2 aromatic rings. The quantitative estimate of drug-likeness (QED) is 0.200. The Morgan fingerprint density at radius 2 is 1.86 bits per heavy atom. The summed E-state index contributed by atoms with van der Waals surface area (Å²) in [5.74, 6) is -1.67. The van der Waals surface area contributed by atoms with Crippen molar-refractivity contribution in [2.75, 3.05) is 6.54 Å². The monoisotopic (exact) mass is 399 g/mol. The first-order chi connectivity index (χ1) is 14.0. The van der Waals surface area contributed by atoms with Gasteiger partial charge in [-0.15, -0.1) is 0 Å². The Morgan fingerprint density at radius 1 is 1.10 bits per heavy atom. The molecule has 2 rings (SSSR count). The second kappa shape index (κ2) is 11.3. The highest BCUT2D eigenvalue weighted by molar-refractivity contribution is 5.96. The van der Waals surface area contributed by atoms with Crippen molar-refractivity contribution >= 4 is 17.8 Å².